The van der Waals surface area contributed by atoms with Crippen LogP contribution in [0.1, 0.15) is 25.5 Å². The number of carbonyl (C=O) groups is 1. The molecule has 1 fully saturated rings. The first-order valence-electron chi connectivity index (χ1n) is 7.80. The number of likely N-dealkylation sites (N-methyl/N-ethyl adjacent to an activating group) is 1. The second kappa shape index (κ2) is 7.56. The van der Waals surface area contributed by atoms with E-state index in [1.807, 2.05) is 24.0 Å². The lowest BCUT2D eigenvalue weighted by Crippen LogP contribution is -2.49. The van der Waals surface area contributed by atoms with E-state index in [1.165, 1.54) is 0 Å². The number of carbonyl (C=O) groups excluding carboxylic acids is 1. The summed E-state index contributed by atoms with van der Waals surface area (Å²) in [6.07, 6.45) is 3.84. The quantitative estimate of drug-likeness (QED) is 0.830. The third-order valence-corrected chi connectivity index (χ3v) is 4.06. The second-order valence-corrected chi connectivity index (χ2v) is 5.86. The van der Waals surface area contributed by atoms with Crippen LogP contribution < -0.4 is 5.32 Å². The lowest BCUT2D eigenvalue weighted by molar-refractivity contribution is -0.122. The van der Waals surface area contributed by atoms with Crippen LogP contribution in [0.15, 0.2) is 12.4 Å². The Labute approximate surface area is 127 Å². The highest BCUT2D eigenvalue weighted by Gasteiger charge is 2.18. The van der Waals surface area contributed by atoms with Gasteiger partial charge in [0.15, 0.2) is 0 Å². The number of amides is 1. The Morgan fingerprint density at radius 1 is 1.33 bits per heavy atom. The molecule has 118 valence electrons. The molecule has 0 aliphatic carbocycles. The average Bonchev–Trinajstić information content (AvgIpc) is 2.92. The lowest BCUT2D eigenvalue weighted by atomic mass is 10.3. The molecule has 1 atom stereocenters. The van der Waals surface area contributed by atoms with Gasteiger partial charge >= 0.3 is 0 Å². The molecule has 2 heterocycles. The van der Waals surface area contributed by atoms with Crippen LogP contribution in [0.25, 0.3) is 0 Å². The van der Waals surface area contributed by atoms with Crippen molar-refractivity contribution in [3.8, 4) is 0 Å². The molecule has 1 amide bonds. The first-order chi connectivity index (χ1) is 10.1. The first kappa shape index (κ1) is 16.0. The smallest absolute Gasteiger partial charge is 0.234 e. The minimum Gasteiger partial charge on any atom is -0.353 e. The summed E-state index contributed by atoms with van der Waals surface area (Å²) in [5, 5.41) is 7.28. The summed E-state index contributed by atoms with van der Waals surface area (Å²) in [6, 6.07) is 0.180. The van der Waals surface area contributed by atoms with Crippen LogP contribution in [0.5, 0.6) is 0 Å². The van der Waals surface area contributed by atoms with E-state index >= 15 is 0 Å². The van der Waals surface area contributed by atoms with Crippen molar-refractivity contribution in [1.82, 2.24) is 24.9 Å². The Hall–Kier alpha value is -1.40. The van der Waals surface area contributed by atoms with Crippen LogP contribution >= 0.6 is 0 Å². The number of nitrogens with zero attached hydrogens (tertiary/aromatic N) is 4. The number of piperazine rings is 1. The highest BCUT2D eigenvalue weighted by molar-refractivity contribution is 5.78. The molecule has 6 heteroatoms. The number of nitrogens with one attached hydrogen (secondary N) is 1. The van der Waals surface area contributed by atoms with Crippen molar-refractivity contribution in [3.05, 3.63) is 18.0 Å². The maximum Gasteiger partial charge on any atom is 0.234 e. The van der Waals surface area contributed by atoms with Crippen molar-refractivity contribution in [2.45, 2.75) is 26.8 Å². The number of aryl methyl sites for hydroxylation is 1. The summed E-state index contributed by atoms with van der Waals surface area (Å²) in [7, 11) is 0. The van der Waals surface area contributed by atoms with Crippen LogP contribution in [-0.4, -0.2) is 71.3 Å². The predicted molar refractivity (Wildman–Crippen MR) is 83.2 cm³/mol. The molecule has 1 aliphatic rings. The molecule has 2 rings (SSSR count). The fourth-order valence-corrected chi connectivity index (χ4v) is 2.55. The zero-order valence-electron chi connectivity index (χ0n) is 13.4. The van der Waals surface area contributed by atoms with Gasteiger partial charge < -0.3 is 10.2 Å². The van der Waals surface area contributed by atoms with Crippen LogP contribution in [-0.2, 0) is 4.79 Å². The Morgan fingerprint density at radius 2 is 2.00 bits per heavy atom. The second-order valence-electron chi connectivity index (χ2n) is 5.86. The number of aromatic nitrogens is 2. The minimum atomic E-state index is 0.107. The van der Waals surface area contributed by atoms with E-state index in [2.05, 4.69) is 34.1 Å². The molecular formula is C15H27N5O. The van der Waals surface area contributed by atoms with Crippen molar-refractivity contribution in [2.24, 2.45) is 0 Å². The molecule has 0 radical (unpaired) electrons. The van der Waals surface area contributed by atoms with Gasteiger partial charge in [0.05, 0.1) is 18.8 Å². The average molecular weight is 293 g/mol. The summed E-state index contributed by atoms with van der Waals surface area (Å²) in [5.74, 6) is 0.107. The molecule has 1 unspecified atom stereocenters. The molecule has 0 saturated carbocycles. The van der Waals surface area contributed by atoms with Crippen molar-refractivity contribution < 1.29 is 4.79 Å². The number of hydrogen-bond acceptors (Lipinski definition) is 4. The van der Waals surface area contributed by atoms with Gasteiger partial charge in [-0.1, -0.05) is 6.92 Å². The Bertz CT molecular complexity index is 451. The van der Waals surface area contributed by atoms with Gasteiger partial charge in [-0.25, -0.2) is 0 Å². The maximum atomic E-state index is 12.0. The van der Waals surface area contributed by atoms with Gasteiger partial charge in [-0.05, 0) is 26.0 Å². The van der Waals surface area contributed by atoms with Gasteiger partial charge in [0, 0.05) is 38.9 Å². The zero-order valence-corrected chi connectivity index (χ0v) is 13.4. The lowest BCUT2D eigenvalue weighted by Gasteiger charge is -2.33. The molecule has 21 heavy (non-hydrogen) atoms. The van der Waals surface area contributed by atoms with E-state index in [4.69, 9.17) is 0 Å². The monoisotopic (exact) mass is 293 g/mol. The van der Waals surface area contributed by atoms with E-state index in [-0.39, 0.29) is 11.9 Å². The number of rotatable bonds is 6. The Morgan fingerprint density at radius 3 is 2.57 bits per heavy atom. The number of hydrogen-bond donors (Lipinski definition) is 1. The molecule has 0 bridgehead atoms. The van der Waals surface area contributed by atoms with E-state index in [0.717, 1.165) is 38.3 Å². The van der Waals surface area contributed by atoms with Gasteiger partial charge in [-0.2, -0.15) is 5.10 Å². The van der Waals surface area contributed by atoms with Gasteiger partial charge in [0.25, 0.3) is 0 Å². The van der Waals surface area contributed by atoms with Gasteiger partial charge in [0.2, 0.25) is 5.91 Å². The molecule has 1 aromatic rings. The summed E-state index contributed by atoms with van der Waals surface area (Å²) in [4.78, 5) is 16.6. The van der Waals surface area contributed by atoms with Crippen LogP contribution in [0.2, 0.25) is 0 Å². The van der Waals surface area contributed by atoms with Crippen molar-refractivity contribution in [3.63, 3.8) is 0 Å². The molecule has 1 aromatic heterocycles. The first-order valence-corrected chi connectivity index (χ1v) is 7.80. The fraction of sp³-hybridized carbons (Fsp3) is 0.733. The normalized spacial score (nSPS) is 18.6. The summed E-state index contributed by atoms with van der Waals surface area (Å²) in [5.41, 5.74) is 1.14. The van der Waals surface area contributed by atoms with E-state index in [0.29, 0.717) is 13.1 Å². The third-order valence-electron chi connectivity index (χ3n) is 4.06. The van der Waals surface area contributed by atoms with Crippen LogP contribution in [0.3, 0.4) is 0 Å². The molecule has 6 nitrogen and oxygen atoms in total. The van der Waals surface area contributed by atoms with E-state index in [9.17, 15) is 4.79 Å². The minimum absolute atomic E-state index is 0.107. The van der Waals surface area contributed by atoms with Crippen molar-refractivity contribution in [1.29, 1.82) is 0 Å². The largest absolute Gasteiger partial charge is 0.353 e. The van der Waals surface area contributed by atoms with Gasteiger partial charge in [0.1, 0.15) is 0 Å². The Kier molecular flexibility index (Phi) is 5.76. The summed E-state index contributed by atoms with van der Waals surface area (Å²) >= 11 is 0. The molecule has 1 aliphatic heterocycles. The maximum absolute atomic E-state index is 12.0. The van der Waals surface area contributed by atoms with Crippen LogP contribution in [0, 0.1) is 6.92 Å². The molecular weight excluding hydrogens is 266 g/mol. The summed E-state index contributed by atoms with van der Waals surface area (Å²) < 4.78 is 1.90. The SMILES string of the molecule is CCN1CCN(CC(=O)NCC(C)n2cc(C)cn2)CC1. The molecule has 1 saturated heterocycles. The molecule has 0 spiro atoms. The predicted octanol–water partition coefficient (Wildman–Crippen LogP) is 0.506. The van der Waals surface area contributed by atoms with E-state index < -0.39 is 0 Å². The molecule has 1 N–H and O–H groups in total. The van der Waals surface area contributed by atoms with Crippen molar-refractivity contribution >= 4 is 5.91 Å². The highest BCUT2D eigenvalue weighted by atomic mass is 16.2. The topological polar surface area (TPSA) is 53.4 Å². The standard InChI is InChI=1S/C15H27N5O/c1-4-18-5-7-19(8-6-18)12-15(21)16-10-14(3)20-11-13(2)9-17-20/h9,11,14H,4-8,10,12H2,1-3H3,(H,16,21). The summed E-state index contributed by atoms with van der Waals surface area (Å²) in [6.45, 7) is 12.6. The van der Waals surface area contributed by atoms with Gasteiger partial charge in [-0.3, -0.25) is 14.4 Å². The highest BCUT2D eigenvalue weighted by Crippen LogP contribution is 2.05. The van der Waals surface area contributed by atoms with E-state index in [1.54, 1.807) is 0 Å². The third kappa shape index (κ3) is 4.82. The fourth-order valence-electron chi connectivity index (χ4n) is 2.55. The van der Waals surface area contributed by atoms with Crippen LogP contribution in [0.4, 0.5) is 0 Å². The van der Waals surface area contributed by atoms with Gasteiger partial charge in [-0.15, -0.1) is 0 Å². The zero-order chi connectivity index (χ0) is 15.2. The Balaban J connectivity index is 1.68. The van der Waals surface area contributed by atoms with Crippen molar-refractivity contribution in [2.75, 3.05) is 45.8 Å². The molecule has 0 aromatic carbocycles.